The zero-order valence-electron chi connectivity index (χ0n) is 14.6. The second-order valence-corrected chi connectivity index (χ2v) is 6.23. The maximum absolute atomic E-state index is 12.1. The Bertz CT molecular complexity index is 988. The summed E-state index contributed by atoms with van der Waals surface area (Å²) in [6, 6.07) is 16.0. The molecule has 5 nitrogen and oxygen atoms in total. The van der Waals surface area contributed by atoms with E-state index >= 15 is 0 Å². The summed E-state index contributed by atoms with van der Waals surface area (Å²) < 4.78 is 12.8. The van der Waals surface area contributed by atoms with Crippen molar-refractivity contribution in [2.24, 2.45) is 0 Å². The van der Waals surface area contributed by atoms with E-state index in [1.54, 1.807) is 6.08 Å². The number of benzene rings is 2. The molecule has 0 bridgehead atoms. The molecule has 5 heteroatoms. The first-order valence-corrected chi connectivity index (χ1v) is 8.61. The van der Waals surface area contributed by atoms with Gasteiger partial charge >= 0.3 is 0 Å². The number of para-hydroxylation sites is 1. The molecule has 0 unspecified atom stereocenters. The SMILES string of the molecule is Cc1cc2ccccc2n1CCNC(=O)C=Cc1ccc2c(c1)OCO2. The fraction of sp³-hybridized carbons (Fsp3) is 0.190. The molecule has 1 aliphatic rings. The molecule has 4 rings (SSSR count). The quantitative estimate of drug-likeness (QED) is 0.718. The molecule has 26 heavy (non-hydrogen) atoms. The highest BCUT2D eigenvalue weighted by Gasteiger charge is 2.12. The summed E-state index contributed by atoms with van der Waals surface area (Å²) in [5.74, 6) is 1.33. The smallest absolute Gasteiger partial charge is 0.244 e. The standard InChI is InChI=1S/C21H20N2O3/c1-15-12-17-4-2-3-5-18(17)23(15)11-10-22-21(24)9-7-16-6-8-19-20(13-16)26-14-25-19/h2-9,12-13H,10-11,14H2,1H3,(H,22,24). The van der Waals surface area contributed by atoms with Crippen LogP contribution in [0.25, 0.3) is 17.0 Å². The van der Waals surface area contributed by atoms with Crippen molar-refractivity contribution >= 4 is 22.9 Å². The maximum atomic E-state index is 12.1. The van der Waals surface area contributed by atoms with Crippen molar-refractivity contribution in [3.63, 3.8) is 0 Å². The molecule has 0 spiro atoms. The lowest BCUT2D eigenvalue weighted by molar-refractivity contribution is -0.116. The minimum Gasteiger partial charge on any atom is -0.454 e. The second-order valence-electron chi connectivity index (χ2n) is 6.23. The second kappa shape index (κ2) is 6.96. The number of aromatic nitrogens is 1. The number of ether oxygens (including phenoxy) is 2. The Morgan fingerprint density at radius 3 is 2.92 bits per heavy atom. The van der Waals surface area contributed by atoms with E-state index in [1.165, 1.54) is 22.7 Å². The van der Waals surface area contributed by atoms with Gasteiger partial charge in [-0.2, -0.15) is 0 Å². The number of nitrogens with one attached hydrogen (secondary N) is 1. The average molecular weight is 348 g/mol. The Hall–Kier alpha value is -3.21. The molecular formula is C21H20N2O3. The summed E-state index contributed by atoms with van der Waals surface area (Å²) in [6.07, 6.45) is 3.31. The first-order chi connectivity index (χ1) is 12.7. The molecule has 0 aliphatic carbocycles. The number of amides is 1. The van der Waals surface area contributed by atoms with E-state index in [1.807, 2.05) is 30.3 Å². The van der Waals surface area contributed by atoms with Crippen molar-refractivity contribution in [2.45, 2.75) is 13.5 Å². The minimum atomic E-state index is -0.114. The highest BCUT2D eigenvalue weighted by Crippen LogP contribution is 2.32. The van der Waals surface area contributed by atoms with Crippen molar-refractivity contribution in [3.05, 3.63) is 65.9 Å². The number of nitrogens with zero attached hydrogens (tertiary/aromatic N) is 1. The van der Waals surface area contributed by atoms with Crippen LogP contribution in [0.5, 0.6) is 11.5 Å². The van der Waals surface area contributed by atoms with Crippen LogP contribution < -0.4 is 14.8 Å². The van der Waals surface area contributed by atoms with Crippen LogP contribution >= 0.6 is 0 Å². The molecule has 1 amide bonds. The van der Waals surface area contributed by atoms with Crippen LogP contribution in [0.4, 0.5) is 0 Å². The third-order valence-electron chi connectivity index (χ3n) is 4.48. The molecule has 0 fully saturated rings. The molecule has 1 aromatic heterocycles. The molecule has 1 N–H and O–H groups in total. The normalized spacial score (nSPS) is 12.8. The number of carbonyl (C=O) groups excluding carboxylic acids is 1. The van der Waals surface area contributed by atoms with Crippen molar-refractivity contribution in [1.29, 1.82) is 0 Å². The van der Waals surface area contributed by atoms with E-state index in [0.29, 0.717) is 12.3 Å². The molecule has 0 atom stereocenters. The summed E-state index contributed by atoms with van der Waals surface area (Å²) in [5, 5.41) is 4.15. The molecule has 3 aromatic rings. The van der Waals surface area contributed by atoms with Crippen LogP contribution in [0.15, 0.2) is 54.6 Å². The summed E-state index contributed by atoms with van der Waals surface area (Å²) in [5.41, 5.74) is 3.28. The third kappa shape index (κ3) is 3.28. The Morgan fingerprint density at radius 2 is 2.00 bits per heavy atom. The topological polar surface area (TPSA) is 52.5 Å². The van der Waals surface area contributed by atoms with E-state index in [2.05, 4.69) is 35.0 Å². The minimum absolute atomic E-state index is 0.114. The Morgan fingerprint density at radius 1 is 1.15 bits per heavy atom. The average Bonchev–Trinajstić information content (AvgIpc) is 3.24. The fourth-order valence-corrected chi connectivity index (χ4v) is 3.18. The van der Waals surface area contributed by atoms with E-state index in [9.17, 15) is 4.79 Å². The first-order valence-electron chi connectivity index (χ1n) is 8.61. The maximum Gasteiger partial charge on any atom is 0.244 e. The summed E-state index contributed by atoms with van der Waals surface area (Å²) in [7, 11) is 0. The highest BCUT2D eigenvalue weighted by atomic mass is 16.7. The molecular weight excluding hydrogens is 328 g/mol. The summed E-state index contributed by atoms with van der Waals surface area (Å²) >= 11 is 0. The largest absolute Gasteiger partial charge is 0.454 e. The zero-order valence-corrected chi connectivity index (χ0v) is 14.6. The van der Waals surface area contributed by atoms with E-state index < -0.39 is 0 Å². The van der Waals surface area contributed by atoms with Gasteiger partial charge in [0.05, 0.1) is 0 Å². The van der Waals surface area contributed by atoms with Gasteiger partial charge in [0.25, 0.3) is 0 Å². The fourth-order valence-electron chi connectivity index (χ4n) is 3.18. The van der Waals surface area contributed by atoms with Crippen LogP contribution in [-0.4, -0.2) is 23.8 Å². The predicted octanol–water partition coefficient (Wildman–Crippen LogP) is 3.51. The van der Waals surface area contributed by atoms with Crippen molar-refractivity contribution in [3.8, 4) is 11.5 Å². The molecule has 132 valence electrons. The van der Waals surface area contributed by atoms with Crippen molar-refractivity contribution in [1.82, 2.24) is 9.88 Å². The number of hydrogen-bond donors (Lipinski definition) is 1. The van der Waals surface area contributed by atoms with E-state index in [0.717, 1.165) is 17.9 Å². The van der Waals surface area contributed by atoms with Gasteiger partial charge < -0.3 is 19.4 Å². The lowest BCUT2D eigenvalue weighted by Gasteiger charge is -2.08. The van der Waals surface area contributed by atoms with Gasteiger partial charge in [0, 0.05) is 30.4 Å². The highest BCUT2D eigenvalue weighted by molar-refractivity contribution is 5.91. The van der Waals surface area contributed by atoms with Gasteiger partial charge in [0.1, 0.15) is 0 Å². The summed E-state index contributed by atoms with van der Waals surface area (Å²) in [6.45, 7) is 3.64. The van der Waals surface area contributed by atoms with Crippen molar-refractivity contribution in [2.75, 3.05) is 13.3 Å². The van der Waals surface area contributed by atoms with Crippen LogP contribution in [-0.2, 0) is 11.3 Å². The number of rotatable bonds is 5. The first kappa shape index (κ1) is 16.3. The molecule has 1 aliphatic heterocycles. The number of fused-ring (bicyclic) bond motifs is 2. The zero-order chi connectivity index (χ0) is 17.9. The van der Waals surface area contributed by atoms with Gasteiger partial charge in [-0.1, -0.05) is 24.3 Å². The van der Waals surface area contributed by atoms with Gasteiger partial charge in [-0.05, 0) is 48.2 Å². The van der Waals surface area contributed by atoms with Crippen LogP contribution in [0.1, 0.15) is 11.3 Å². The molecule has 2 heterocycles. The number of hydrogen-bond acceptors (Lipinski definition) is 3. The van der Waals surface area contributed by atoms with Gasteiger partial charge in [-0.15, -0.1) is 0 Å². The van der Waals surface area contributed by atoms with Gasteiger partial charge in [0.15, 0.2) is 11.5 Å². The number of aryl methyl sites for hydroxylation is 1. The van der Waals surface area contributed by atoms with Gasteiger partial charge in [0.2, 0.25) is 12.7 Å². The lowest BCUT2D eigenvalue weighted by atomic mass is 10.2. The molecule has 0 radical (unpaired) electrons. The van der Waals surface area contributed by atoms with E-state index in [4.69, 9.17) is 9.47 Å². The van der Waals surface area contributed by atoms with Crippen LogP contribution in [0.3, 0.4) is 0 Å². The third-order valence-corrected chi connectivity index (χ3v) is 4.48. The van der Waals surface area contributed by atoms with Gasteiger partial charge in [-0.3, -0.25) is 4.79 Å². The van der Waals surface area contributed by atoms with Gasteiger partial charge in [-0.25, -0.2) is 0 Å². The van der Waals surface area contributed by atoms with Crippen LogP contribution in [0, 0.1) is 6.92 Å². The monoisotopic (exact) mass is 348 g/mol. The number of carbonyl (C=O) groups is 1. The van der Waals surface area contributed by atoms with Crippen molar-refractivity contribution < 1.29 is 14.3 Å². The molecule has 2 aromatic carbocycles. The van der Waals surface area contributed by atoms with Crippen LogP contribution in [0.2, 0.25) is 0 Å². The predicted molar refractivity (Wildman–Crippen MR) is 101 cm³/mol. The summed E-state index contributed by atoms with van der Waals surface area (Å²) in [4.78, 5) is 12.1. The Labute approximate surface area is 151 Å². The van der Waals surface area contributed by atoms with E-state index in [-0.39, 0.29) is 12.7 Å². The molecule has 0 saturated heterocycles. The Balaban J connectivity index is 1.34. The molecule has 0 saturated carbocycles. The lowest BCUT2D eigenvalue weighted by Crippen LogP contribution is -2.25. The Kier molecular flexibility index (Phi) is 4.35.